The normalized spacial score (nSPS) is 11.5. The van der Waals surface area contributed by atoms with Crippen LogP contribution in [0.15, 0.2) is 60.7 Å². The van der Waals surface area contributed by atoms with Crippen LogP contribution in [-0.2, 0) is 9.59 Å². The lowest BCUT2D eigenvalue weighted by Gasteiger charge is -2.13. The lowest BCUT2D eigenvalue weighted by atomic mass is 10.2. The summed E-state index contributed by atoms with van der Waals surface area (Å²) in [6, 6.07) is 13.2. The maximum atomic E-state index is 12.0. The van der Waals surface area contributed by atoms with Crippen LogP contribution in [-0.4, -0.2) is 28.7 Å². The quantitative estimate of drug-likeness (QED) is 0.397. The second-order valence-electron chi connectivity index (χ2n) is 5.72. The Labute approximate surface area is 160 Å². The molecule has 0 fully saturated rings. The van der Waals surface area contributed by atoms with Gasteiger partial charge in [-0.15, -0.1) is 0 Å². The Morgan fingerprint density at radius 1 is 1.00 bits per heavy atom. The van der Waals surface area contributed by atoms with Gasteiger partial charge < -0.3 is 5.32 Å². The number of hydrogen-bond donors (Lipinski definition) is 3. The molecule has 144 valence electrons. The van der Waals surface area contributed by atoms with E-state index in [4.69, 9.17) is 0 Å². The summed E-state index contributed by atoms with van der Waals surface area (Å²) >= 11 is 0. The molecule has 2 rings (SSSR count). The minimum Gasteiger partial charge on any atom is -0.341 e. The monoisotopic (exact) mass is 382 g/mol. The van der Waals surface area contributed by atoms with E-state index in [-0.39, 0.29) is 11.3 Å². The van der Waals surface area contributed by atoms with Crippen LogP contribution in [0.1, 0.15) is 22.8 Å². The largest absolute Gasteiger partial charge is 0.341 e. The van der Waals surface area contributed by atoms with Crippen molar-refractivity contribution in [1.29, 1.82) is 0 Å². The number of amides is 3. The minimum atomic E-state index is -0.898. The summed E-state index contributed by atoms with van der Waals surface area (Å²) in [6.45, 7) is 1.46. The summed E-state index contributed by atoms with van der Waals surface area (Å²) in [6.07, 6.45) is 2.91. The van der Waals surface area contributed by atoms with Crippen molar-refractivity contribution >= 4 is 29.5 Å². The van der Waals surface area contributed by atoms with Gasteiger partial charge in [-0.3, -0.25) is 35.3 Å². The van der Waals surface area contributed by atoms with E-state index >= 15 is 0 Å². The van der Waals surface area contributed by atoms with Gasteiger partial charge in [0.15, 0.2) is 0 Å². The van der Waals surface area contributed by atoms with Crippen LogP contribution in [0.4, 0.5) is 5.69 Å². The molecule has 2 aromatic rings. The highest BCUT2D eigenvalue weighted by Gasteiger charge is 2.16. The summed E-state index contributed by atoms with van der Waals surface area (Å²) in [5.41, 5.74) is 5.19. The number of hydrazine groups is 1. The molecule has 2 aromatic carbocycles. The predicted molar refractivity (Wildman–Crippen MR) is 102 cm³/mol. The van der Waals surface area contributed by atoms with Crippen LogP contribution in [0.25, 0.3) is 6.08 Å². The molecule has 0 aliphatic heterocycles. The van der Waals surface area contributed by atoms with Gasteiger partial charge in [-0.2, -0.15) is 0 Å². The number of nitrogens with one attached hydrogen (secondary N) is 3. The predicted octanol–water partition coefficient (Wildman–Crippen LogP) is 1.57. The number of benzene rings is 2. The van der Waals surface area contributed by atoms with Crippen LogP contribution in [0.2, 0.25) is 0 Å². The Morgan fingerprint density at radius 2 is 1.64 bits per heavy atom. The third-order valence-electron chi connectivity index (χ3n) is 3.62. The summed E-state index contributed by atoms with van der Waals surface area (Å²) < 4.78 is 0. The van der Waals surface area contributed by atoms with Gasteiger partial charge in [0.25, 0.3) is 17.5 Å². The molecule has 0 radical (unpaired) electrons. The van der Waals surface area contributed by atoms with Crippen LogP contribution in [0.5, 0.6) is 0 Å². The number of nitro benzene ring substituents is 1. The third kappa shape index (κ3) is 6.06. The molecule has 0 aliphatic carbocycles. The summed E-state index contributed by atoms with van der Waals surface area (Å²) in [5.74, 6) is -1.74. The molecule has 0 heterocycles. The molecule has 28 heavy (non-hydrogen) atoms. The van der Waals surface area contributed by atoms with Gasteiger partial charge in [0, 0.05) is 23.8 Å². The molecular weight excluding hydrogens is 364 g/mol. The SMILES string of the molecule is C[C@H](NC(=O)/C=C/c1ccccc1)C(=O)NNC(=O)c1ccc([N+](=O)[O-])cc1. The fourth-order valence-corrected chi connectivity index (χ4v) is 2.10. The first-order chi connectivity index (χ1) is 13.4. The molecule has 0 aliphatic rings. The summed E-state index contributed by atoms with van der Waals surface area (Å²) in [5, 5.41) is 13.1. The van der Waals surface area contributed by atoms with Gasteiger partial charge in [-0.1, -0.05) is 30.3 Å². The van der Waals surface area contributed by atoms with Gasteiger partial charge in [-0.05, 0) is 30.7 Å². The molecular formula is C19H18N4O5. The van der Waals surface area contributed by atoms with E-state index in [0.717, 1.165) is 5.56 Å². The van der Waals surface area contributed by atoms with E-state index in [2.05, 4.69) is 16.2 Å². The molecule has 0 saturated heterocycles. The van der Waals surface area contributed by atoms with Gasteiger partial charge in [-0.25, -0.2) is 0 Å². The molecule has 0 aromatic heterocycles. The van der Waals surface area contributed by atoms with E-state index in [1.807, 2.05) is 30.3 Å². The van der Waals surface area contributed by atoms with Crippen molar-refractivity contribution in [2.45, 2.75) is 13.0 Å². The van der Waals surface area contributed by atoms with Crippen LogP contribution in [0, 0.1) is 10.1 Å². The lowest BCUT2D eigenvalue weighted by Crippen LogP contribution is -2.50. The lowest BCUT2D eigenvalue weighted by molar-refractivity contribution is -0.384. The van der Waals surface area contributed by atoms with Crippen LogP contribution >= 0.6 is 0 Å². The minimum absolute atomic E-state index is 0.133. The van der Waals surface area contributed by atoms with Crippen molar-refractivity contribution in [2.24, 2.45) is 0 Å². The molecule has 9 nitrogen and oxygen atoms in total. The highest BCUT2D eigenvalue weighted by Crippen LogP contribution is 2.11. The summed E-state index contributed by atoms with van der Waals surface area (Å²) in [7, 11) is 0. The molecule has 0 bridgehead atoms. The Balaban J connectivity index is 1.81. The third-order valence-corrected chi connectivity index (χ3v) is 3.62. The highest BCUT2D eigenvalue weighted by atomic mass is 16.6. The van der Waals surface area contributed by atoms with Crippen LogP contribution < -0.4 is 16.2 Å². The van der Waals surface area contributed by atoms with Gasteiger partial charge in [0.1, 0.15) is 6.04 Å². The zero-order chi connectivity index (χ0) is 20.5. The number of carbonyl (C=O) groups excluding carboxylic acids is 3. The maximum Gasteiger partial charge on any atom is 0.269 e. The van der Waals surface area contributed by atoms with E-state index < -0.39 is 28.7 Å². The second kappa shape index (κ2) is 9.62. The van der Waals surface area contributed by atoms with Gasteiger partial charge in [0.05, 0.1) is 4.92 Å². The number of hydrogen-bond acceptors (Lipinski definition) is 5. The van der Waals surface area contributed by atoms with E-state index in [0.29, 0.717) is 0 Å². The molecule has 3 N–H and O–H groups in total. The molecule has 1 atom stereocenters. The first kappa shape index (κ1) is 20.3. The number of rotatable bonds is 6. The van der Waals surface area contributed by atoms with Crippen molar-refractivity contribution in [3.05, 3.63) is 81.9 Å². The topological polar surface area (TPSA) is 130 Å². The first-order valence-corrected chi connectivity index (χ1v) is 8.25. The average Bonchev–Trinajstić information content (AvgIpc) is 2.71. The molecule has 0 saturated carbocycles. The number of nitro groups is 1. The van der Waals surface area contributed by atoms with Gasteiger partial charge >= 0.3 is 0 Å². The second-order valence-corrected chi connectivity index (χ2v) is 5.72. The smallest absolute Gasteiger partial charge is 0.269 e. The average molecular weight is 382 g/mol. The highest BCUT2D eigenvalue weighted by molar-refractivity contribution is 5.98. The fraction of sp³-hybridized carbons (Fsp3) is 0.105. The Kier molecular flexibility index (Phi) is 6.98. The molecule has 3 amide bonds. The molecule has 9 heteroatoms. The fourth-order valence-electron chi connectivity index (χ4n) is 2.10. The standard InChI is InChI=1S/C19H18N4O5/c1-13(20-17(24)12-7-14-5-3-2-4-6-14)18(25)21-22-19(26)15-8-10-16(11-9-15)23(27)28/h2-13H,1H3,(H,20,24)(H,21,25)(H,22,26)/b12-7+/t13-/m0/s1. The van der Waals surface area contributed by atoms with Crippen molar-refractivity contribution in [1.82, 2.24) is 16.2 Å². The Morgan fingerprint density at radius 3 is 2.25 bits per heavy atom. The van der Waals surface area contributed by atoms with Crippen molar-refractivity contribution in [2.75, 3.05) is 0 Å². The number of carbonyl (C=O) groups is 3. The summed E-state index contributed by atoms with van der Waals surface area (Å²) in [4.78, 5) is 45.8. The molecule has 0 spiro atoms. The van der Waals surface area contributed by atoms with Crippen molar-refractivity contribution < 1.29 is 19.3 Å². The molecule has 0 unspecified atom stereocenters. The zero-order valence-corrected chi connectivity index (χ0v) is 14.9. The van der Waals surface area contributed by atoms with E-state index in [9.17, 15) is 24.5 Å². The van der Waals surface area contributed by atoms with Crippen molar-refractivity contribution in [3.63, 3.8) is 0 Å². The Bertz CT molecular complexity index is 894. The number of nitrogens with zero attached hydrogens (tertiary/aromatic N) is 1. The maximum absolute atomic E-state index is 12.0. The van der Waals surface area contributed by atoms with Crippen molar-refractivity contribution in [3.8, 4) is 0 Å². The Hall–Kier alpha value is -4.01. The first-order valence-electron chi connectivity index (χ1n) is 8.25. The van der Waals surface area contributed by atoms with E-state index in [1.165, 1.54) is 37.3 Å². The van der Waals surface area contributed by atoms with Crippen LogP contribution in [0.3, 0.4) is 0 Å². The number of non-ortho nitro benzene ring substituents is 1. The van der Waals surface area contributed by atoms with Gasteiger partial charge in [0.2, 0.25) is 5.91 Å². The zero-order valence-electron chi connectivity index (χ0n) is 14.9. The van der Waals surface area contributed by atoms with E-state index in [1.54, 1.807) is 6.08 Å².